The Kier molecular flexibility index (Phi) is 8.44. The maximum atomic E-state index is 13.5. The van der Waals surface area contributed by atoms with Crippen molar-refractivity contribution in [2.45, 2.75) is 37.6 Å². The average Bonchev–Trinajstić information content (AvgIpc) is 2.86. The Labute approximate surface area is 222 Å². The third kappa shape index (κ3) is 6.52. The van der Waals surface area contributed by atoms with Crippen molar-refractivity contribution in [2.24, 2.45) is 0 Å². The molecule has 36 heavy (non-hydrogen) atoms. The zero-order chi connectivity index (χ0) is 25.7. The first-order valence-electron chi connectivity index (χ1n) is 11.9. The van der Waals surface area contributed by atoms with Gasteiger partial charge in [-0.1, -0.05) is 53.0 Å². The monoisotopic (exact) mass is 545 g/mol. The van der Waals surface area contributed by atoms with Crippen molar-refractivity contribution in [1.29, 1.82) is 0 Å². The standard InChI is InChI=1S/C27H29Cl2N3O3S/c1-20-5-11-26(12-6-20)36(34,35)32(25-16-22(28)15-23(29)17-25)19-27(33)30-18-21-7-9-24(10-8-21)31-13-3-2-4-14-31/h5-12,15-17H,2-4,13-14,18-19H2,1H3,(H,30,33). The second-order valence-corrected chi connectivity index (χ2v) is 11.7. The number of nitrogens with zero attached hydrogens (tertiary/aromatic N) is 2. The van der Waals surface area contributed by atoms with Crippen molar-refractivity contribution in [2.75, 3.05) is 28.8 Å². The van der Waals surface area contributed by atoms with E-state index in [4.69, 9.17) is 23.2 Å². The summed E-state index contributed by atoms with van der Waals surface area (Å²) in [6.45, 7) is 3.87. The van der Waals surface area contributed by atoms with Gasteiger partial charge in [0.2, 0.25) is 5.91 Å². The molecule has 4 rings (SSSR count). The van der Waals surface area contributed by atoms with Gasteiger partial charge in [-0.2, -0.15) is 0 Å². The Morgan fingerprint density at radius 3 is 2.14 bits per heavy atom. The van der Waals surface area contributed by atoms with Crippen LogP contribution in [-0.4, -0.2) is 34.0 Å². The number of sulfonamides is 1. The summed E-state index contributed by atoms with van der Waals surface area (Å²) in [6, 6.07) is 19.0. The second kappa shape index (κ2) is 11.5. The van der Waals surface area contributed by atoms with Gasteiger partial charge in [0.05, 0.1) is 10.6 Å². The Balaban J connectivity index is 1.49. The fourth-order valence-corrected chi connectivity index (χ4v) is 6.12. The number of anilines is 2. The number of hydrogen-bond donors (Lipinski definition) is 1. The van der Waals surface area contributed by atoms with Crippen molar-refractivity contribution < 1.29 is 13.2 Å². The minimum absolute atomic E-state index is 0.0744. The van der Waals surface area contributed by atoms with Crippen LogP contribution in [0.4, 0.5) is 11.4 Å². The van der Waals surface area contributed by atoms with Crippen LogP contribution in [0.2, 0.25) is 10.0 Å². The fourth-order valence-electron chi connectivity index (χ4n) is 4.20. The van der Waals surface area contributed by atoms with E-state index in [1.165, 1.54) is 55.3 Å². The van der Waals surface area contributed by atoms with Crippen molar-refractivity contribution >= 4 is 50.5 Å². The summed E-state index contributed by atoms with van der Waals surface area (Å²) >= 11 is 12.3. The lowest BCUT2D eigenvalue weighted by atomic mass is 10.1. The molecule has 6 nitrogen and oxygen atoms in total. The van der Waals surface area contributed by atoms with Gasteiger partial charge in [0.15, 0.2) is 0 Å². The van der Waals surface area contributed by atoms with Crippen LogP contribution in [0.3, 0.4) is 0 Å². The molecule has 0 aliphatic carbocycles. The molecule has 1 heterocycles. The van der Waals surface area contributed by atoms with Gasteiger partial charge in [-0.3, -0.25) is 9.10 Å². The van der Waals surface area contributed by atoms with Gasteiger partial charge in [-0.05, 0) is 74.2 Å². The molecule has 9 heteroatoms. The largest absolute Gasteiger partial charge is 0.372 e. The summed E-state index contributed by atoms with van der Waals surface area (Å²) in [5, 5.41) is 3.38. The molecule has 0 radical (unpaired) electrons. The number of amides is 1. The Hall–Kier alpha value is -2.74. The number of carbonyl (C=O) groups excluding carboxylic acids is 1. The second-order valence-electron chi connectivity index (χ2n) is 8.94. The number of carbonyl (C=O) groups is 1. The molecule has 3 aromatic rings. The van der Waals surface area contributed by atoms with Gasteiger partial charge in [-0.15, -0.1) is 0 Å². The first-order chi connectivity index (χ1) is 17.2. The van der Waals surface area contributed by atoms with E-state index >= 15 is 0 Å². The molecule has 0 spiro atoms. The lowest BCUT2D eigenvalue weighted by molar-refractivity contribution is -0.119. The van der Waals surface area contributed by atoms with Crippen LogP contribution in [0.1, 0.15) is 30.4 Å². The lowest BCUT2D eigenvalue weighted by Gasteiger charge is -2.28. The van der Waals surface area contributed by atoms with Gasteiger partial charge < -0.3 is 10.2 Å². The van der Waals surface area contributed by atoms with Gasteiger partial charge >= 0.3 is 0 Å². The normalized spacial score (nSPS) is 13.9. The van der Waals surface area contributed by atoms with E-state index in [9.17, 15) is 13.2 Å². The molecule has 0 saturated carbocycles. The van der Waals surface area contributed by atoms with E-state index in [0.717, 1.165) is 28.5 Å². The van der Waals surface area contributed by atoms with E-state index < -0.39 is 22.5 Å². The van der Waals surface area contributed by atoms with Crippen LogP contribution < -0.4 is 14.5 Å². The highest BCUT2D eigenvalue weighted by atomic mass is 35.5. The molecule has 3 aromatic carbocycles. The molecular formula is C27H29Cl2N3O3S. The first-order valence-corrected chi connectivity index (χ1v) is 14.1. The number of halogens is 2. The molecule has 0 bridgehead atoms. The maximum absolute atomic E-state index is 13.5. The van der Waals surface area contributed by atoms with Crippen molar-refractivity contribution in [1.82, 2.24) is 5.32 Å². The van der Waals surface area contributed by atoms with Crippen molar-refractivity contribution in [3.8, 4) is 0 Å². The maximum Gasteiger partial charge on any atom is 0.264 e. The molecule has 190 valence electrons. The van der Waals surface area contributed by atoms with Crippen LogP contribution in [-0.2, 0) is 21.4 Å². The molecule has 1 aliphatic rings. The Bertz CT molecular complexity index is 1290. The lowest BCUT2D eigenvalue weighted by Crippen LogP contribution is -2.40. The third-order valence-electron chi connectivity index (χ3n) is 6.18. The predicted molar refractivity (Wildman–Crippen MR) is 147 cm³/mol. The summed E-state index contributed by atoms with van der Waals surface area (Å²) in [5.41, 5.74) is 3.25. The average molecular weight is 547 g/mol. The topological polar surface area (TPSA) is 69.7 Å². The SMILES string of the molecule is Cc1ccc(S(=O)(=O)N(CC(=O)NCc2ccc(N3CCCCC3)cc2)c2cc(Cl)cc(Cl)c2)cc1. The molecule has 0 aromatic heterocycles. The minimum atomic E-state index is -4.05. The van der Waals surface area contributed by atoms with E-state index in [0.29, 0.717) is 0 Å². The number of benzene rings is 3. The van der Waals surface area contributed by atoms with Gasteiger partial charge in [0, 0.05) is 35.4 Å². The van der Waals surface area contributed by atoms with Gasteiger partial charge in [0.1, 0.15) is 6.54 Å². The van der Waals surface area contributed by atoms with Crippen LogP contribution in [0.25, 0.3) is 0 Å². The molecule has 1 amide bonds. The zero-order valence-corrected chi connectivity index (χ0v) is 22.4. The third-order valence-corrected chi connectivity index (χ3v) is 8.40. The minimum Gasteiger partial charge on any atom is -0.372 e. The summed E-state index contributed by atoms with van der Waals surface area (Å²) < 4.78 is 28.1. The highest BCUT2D eigenvalue weighted by Gasteiger charge is 2.27. The molecule has 1 fully saturated rings. The summed E-state index contributed by atoms with van der Waals surface area (Å²) in [5.74, 6) is -0.443. The van der Waals surface area contributed by atoms with E-state index in [-0.39, 0.29) is 27.2 Å². The summed E-state index contributed by atoms with van der Waals surface area (Å²) in [6.07, 6.45) is 3.69. The van der Waals surface area contributed by atoms with Crippen molar-refractivity contribution in [3.05, 3.63) is 87.9 Å². The van der Waals surface area contributed by atoms with Crippen LogP contribution in [0.5, 0.6) is 0 Å². The van der Waals surface area contributed by atoms with Crippen LogP contribution in [0.15, 0.2) is 71.6 Å². The zero-order valence-electron chi connectivity index (χ0n) is 20.1. The highest BCUT2D eigenvalue weighted by molar-refractivity contribution is 7.92. The summed E-state index contributed by atoms with van der Waals surface area (Å²) in [7, 11) is -4.05. The van der Waals surface area contributed by atoms with E-state index in [1.807, 2.05) is 19.1 Å². The predicted octanol–water partition coefficient (Wildman–Crippen LogP) is 5.80. The molecule has 1 aliphatic heterocycles. The van der Waals surface area contributed by atoms with Crippen LogP contribution >= 0.6 is 23.2 Å². The van der Waals surface area contributed by atoms with E-state index in [2.05, 4.69) is 22.3 Å². The number of nitrogens with one attached hydrogen (secondary N) is 1. The molecule has 0 unspecified atom stereocenters. The van der Waals surface area contributed by atoms with E-state index in [1.54, 1.807) is 12.1 Å². The van der Waals surface area contributed by atoms with Crippen LogP contribution in [0, 0.1) is 6.92 Å². The first kappa shape index (κ1) is 26.3. The summed E-state index contributed by atoms with van der Waals surface area (Å²) in [4.78, 5) is 15.4. The number of hydrogen-bond acceptors (Lipinski definition) is 4. The Morgan fingerprint density at radius 2 is 1.53 bits per heavy atom. The highest BCUT2D eigenvalue weighted by Crippen LogP contribution is 2.30. The number of piperidine rings is 1. The molecule has 0 atom stereocenters. The number of rotatable bonds is 8. The van der Waals surface area contributed by atoms with Gasteiger partial charge in [0.25, 0.3) is 10.0 Å². The quantitative estimate of drug-likeness (QED) is 0.388. The smallest absolute Gasteiger partial charge is 0.264 e. The van der Waals surface area contributed by atoms with Gasteiger partial charge in [-0.25, -0.2) is 8.42 Å². The fraction of sp³-hybridized carbons (Fsp3) is 0.296. The molecular weight excluding hydrogens is 517 g/mol. The molecule has 1 saturated heterocycles. The molecule has 1 N–H and O–H groups in total. The van der Waals surface area contributed by atoms with Crippen molar-refractivity contribution in [3.63, 3.8) is 0 Å². The Morgan fingerprint density at radius 1 is 0.917 bits per heavy atom. The number of aryl methyl sites for hydroxylation is 1.